The minimum atomic E-state index is -1.02. The molecule has 2 aromatic rings. The number of carbonyl (C=O) groups excluding carboxylic acids is 1. The first-order valence-electron chi connectivity index (χ1n) is 8.75. The number of methoxy groups -OCH3 is 1. The largest absolute Gasteiger partial charge is 0.496 e. The number of hydrogen-bond donors (Lipinski definition) is 2. The minimum Gasteiger partial charge on any atom is -0.496 e. The fourth-order valence-electron chi connectivity index (χ4n) is 3.03. The standard InChI is InChI=1S/C20H21F2NO3S/c1-26-18-9-2-12(10-19(18)27-15-6-4-14(24)5-7-15)20(25)23-13-3-8-16(21)17(22)11-13/h2-3,8-11,14-15,24H,4-7H2,1H3,(H,23,25). The number of amides is 1. The molecule has 0 bridgehead atoms. The lowest BCUT2D eigenvalue weighted by atomic mass is 9.97. The van der Waals surface area contributed by atoms with E-state index in [0.717, 1.165) is 42.7 Å². The van der Waals surface area contributed by atoms with Crippen molar-refractivity contribution in [2.75, 3.05) is 12.4 Å². The Morgan fingerprint density at radius 3 is 2.52 bits per heavy atom. The molecule has 1 saturated carbocycles. The maximum atomic E-state index is 13.3. The molecule has 4 nitrogen and oxygen atoms in total. The zero-order valence-corrected chi connectivity index (χ0v) is 15.7. The SMILES string of the molecule is COc1ccc(C(=O)Nc2ccc(F)c(F)c2)cc1SC1CCC(O)CC1. The molecule has 1 aliphatic rings. The van der Waals surface area contributed by atoms with Crippen LogP contribution in [0.15, 0.2) is 41.3 Å². The molecule has 144 valence electrons. The van der Waals surface area contributed by atoms with Crippen molar-refractivity contribution in [3.63, 3.8) is 0 Å². The second-order valence-electron chi connectivity index (χ2n) is 6.50. The van der Waals surface area contributed by atoms with Gasteiger partial charge in [-0.1, -0.05) is 0 Å². The Morgan fingerprint density at radius 1 is 1.11 bits per heavy atom. The normalized spacial score (nSPS) is 19.6. The van der Waals surface area contributed by atoms with Gasteiger partial charge < -0.3 is 15.2 Å². The highest BCUT2D eigenvalue weighted by Crippen LogP contribution is 2.38. The number of benzene rings is 2. The summed E-state index contributed by atoms with van der Waals surface area (Å²) in [5, 5.41) is 12.6. The van der Waals surface area contributed by atoms with Crippen LogP contribution in [0.4, 0.5) is 14.5 Å². The summed E-state index contributed by atoms with van der Waals surface area (Å²) >= 11 is 1.63. The molecule has 1 amide bonds. The smallest absolute Gasteiger partial charge is 0.255 e. The first kappa shape index (κ1) is 19.6. The van der Waals surface area contributed by atoms with Gasteiger partial charge >= 0.3 is 0 Å². The van der Waals surface area contributed by atoms with Crippen molar-refractivity contribution in [3.8, 4) is 5.75 Å². The van der Waals surface area contributed by atoms with E-state index in [1.807, 2.05) is 0 Å². The fourth-order valence-corrected chi connectivity index (χ4v) is 4.36. The number of aliphatic hydroxyl groups excluding tert-OH is 1. The topological polar surface area (TPSA) is 58.6 Å². The molecular formula is C20H21F2NO3S. The molecule has 7 heteroatoms. The number of carbonyl (C=O) groups is 1. The van der Waals surface area contributed by atoms with Crippen molar-refractivity contribution in [1.82, 2.24) is 0 Å². The van der Waals surface area contributed by atoms with Crippen LogP contribution in [0.5, 0.6) is 5.75 Å². The van der Waals surface area contributed by atoms with E-state index in [0.29, 0.717) is 16.6 Å². The van der Waals surface area contributed by atoms with Gasteiger partial charge in [0.05, 0.1) is 18.1 Å². The Morgan fingerprint density at radius 2 is 1.85 bits per heavy atom. The molecule has 0 heterocycles. The van der Waals surface area contributed by atoms with Crippen LogP contribution in [0.25, 0.3) is 0 Å². The number of nitrogens with one attached hydrogen (secondary N) is 1. The highest BCUT2D eigenvalue weighted by molar-refractivity contribution is 8.00. The van der Waals surface area contributed by atoms with E-state index in [2.05, 4.69) is 5.32 Å². The number of ether oxygens (including phenoxy) is 1. The fraction of sp³-hybridized carbons (Fsp3) is 0.350. The van der Waals surface area contributed by atoms with Crippen molar-refractivity contribution in [2.45, 2.75) is 41.9 Å². The van der Waals surface area contributed by atoms with Gasteiger partial charge in [-0.25, -0.2) is 8.78 Å². The van der Waals surface area contributed by atoms with Gasteiger partial charge in [0, 0.05) is 22.6 Å². The zero-order valence-electron chi connectivity index (χ0n) is 14.9. The van der Waals surface area contributed by atoms with Crippen molar-refractivity contribution in [2.24, 2.45) is 0 Å². The highest BCUT2D eigenvalue weighted by Gasteiger charge is 2.22. The predicted octanol–water partition coefficient (Wildman–Crippen LogP) is 4.62. The molecule has 2 aromatic carbocycles. The lowest BCUT2D eigenvalue weighted by Gasteiger charge is -2.25. The molecule has 0 unspecified atom stereocenters. The van der Waals surface area contributed by atoms with Crippen LogP contribution < -0.4 is 10.1 Å². The van der Waals surface area contributed by atoms with Crippen LogP contribution in [0.1, 0.15) is 36.0 Å². The van der Waals surface area contributed by atoms with Gasteiger partial charge in [0.15, 0.2) is 11.6 Å². The molecular weight excluding hydrogens is 372 g/mol. The molecule has 0 aromatic heterocycles. The number of halogens is 2. The third kappa shape index (κ3) is 4.99. The van der Waals surface area contributed by atoms with Gasteiger partial charge in [0.1, 0.15) is 5.75 Å². The molecule has 0 atom stereocenters. The second kappa shape index (κ2) is 8.71. The quantitative estimate of drug-likeness (QED) is 0.778. The summed E-state index contributed by atoms with van der Waals surface area (Å²) in [5.41, 5.74) is 0.587. The summed E-state index contributed by atoms with van der Waals surface area (Å²) in [6.07, 6.45) is 3.13. The van der Waals surface area contributed by atoms with Gasteiger partial charge in [-0.05, 0) is 56.0 Å². The van der Waals surface area contributed by atoms with Gasteiger partial charge in [-0.2, -0.15) is 0 Å². The number of anilines is 1. The van der Waals surface area contributed by atoms with Gasteiger partial charge in [0.25, 0.3) is 5.91 Å². The average Bonchev–Trinajstić information content (AvgIpc) is 2.66. The van der Waals surface area contributed by atoms with Gasteiger partial charge in [0.2, 0.25) is 0 Å². The lowest BCUT2D eigenvalue weighted by molar-refractivity contribution is 0.102. The minimum absolute atomic E-state index is 0.185. The Kier molecular flexibility index (Phi) is 6.34. The number of thioether (sulfide) groups is 1. The summed E-state index contributed by atoms with van der Waals surface area (Å²) in [6.45, 7) is 0. The molecule has 0 saturated heterocycles. The van der Waals surface area contributed by atoms with Gasteiger partial charge in [-0.15, -0.1) is 11.8 Å². The van der Waals surface area contributed by atoms with Crippen LogP contribution >= 0.6 is 11.8 Å². The molecule has 27 heavy (non-hydrogen) atoms. The van der Waals surface area contributed by atoms with E-state index in [1.54, 1.807) is 37.1 Å². The molecule has 0 radical (unpaired) electrons. The van der Waals surface area contributed by atoms with E-state index >= 15 is 0 Å². The third-order valence-electron chi connectivity index (χ3n) is 4.54. The number of hydrogen-bond acceptors (Lipinski definition) is 4. The Hall–Kier alpha value is -2.12. The monoisotopic (exact) mass is 393 g/mol. The summed E-state index contributed by atoms with van der Waals surface area (Å²) in [7, 11) is 1.57. The van der Waals surface area contributed by atoms with Crippen LogP contribution in [0.3, 0.4) is 0 Å². The Balaban J connectivity index is 1.75. The van der Waals surface area contributed by atoms with E-state index in [-0.39, 0.29) is 11.8 Å². The van der Waals surface area contributed by atoms with E-state index < -0.39 is 17.5 Å². The maximum Gasteiger partial charge on any atom is 0.255 e. The van der Waals surface area contributed by atoms with E-state index in [4.69, 9.17) is 4.74 Å². The van der Waals surface area contributed by atoms with Crippen molar-refractivity contribution < 1.29 is 23.4 Å². The second-order valence-corrected chi connectivity index (χ2v) is 7.84. The van der Waals surface area contributed by atoms with Crippen LogP contribution in [-0.2, 0) is 0 Å². The summed E-state index contributed by atoms with van der Waals surface area (Å²) in [6, 6.07) is 8.31. The van der Waals surface area contributed by atoms with Crippen molar-refractivity contribution >= 4 is 23.4 Å². The lowest BCUT2D eigenvalue weighted by Crippen LogP contribution is -2.19. The molecule has 1 aliphatic carbocycles. The van der Waals surface area contributed by atoms with Crippen molar-refractivity contribution in [3.05, 3.63) is 53.6 Å². The number of rotatable bonds is 5. The maximum absolute atomic E-state index is 13.3. The molecule has 2 N–H and O–H groups in total. The summed E-state index contributed by atoms with van der Waals surface area (Å²) < 4.78 is 31.7. The molecule has 0 spiro atoms. The zero-order chi connectivity index (χ0) is 19.4. The Bertz CT molecular complexity index is 823. The molecule has 3 rings (SSSR count). The average molecular weight is 393 g/mol. The third-order valence-corrected chi connectivity index (χ3v) is 5.92. The number of aliphatic hydroxyl groups is 1. The summed E-state index contributed by atoms with van der Waals surface area (Å²) in [5.74, 6) is -1.72. The molecule has 0 aliphatic heterocycles. The predicted molar refractivity (Wildman–Crippen MR) is 101 cm³/mol. The van der Waals surface area contributed by atoms with Crippen molar-refractivity contribution in [1.29, 1.82) is 0 Å². The van der Waals surface area contributed by atoms with Gasteiger partial charge in [-0.3, -0.25) is 4.79 Å². The van der Waals surface area contributed by atoms with E-state index in [1.165, 1.54) is 6.07 Å². The first-order valence-corrected chi connectivity index (χ1v) is 9.63. The summed E-state index contributed by atoms with van der Waals surface area (Å²) in [4.78, 5) is 13.3. The first-order chi connectivity index (χ1) is 13.0. The van der Waals surface area contributed by atoms with Crippen LogP contribution in [-0.4, -0.2) is 29.5 Å². The highest BCUT2D eigenvalue weighted by atomic mass is 32.2. The van der Waals surface area contributed by atoms with E-state index in [9.17, 15) is 18.7 Å². The van der Waals surface area contributed by atoms with Crippen LogP contribution in [0, 0.1) is 11.6 Å². The van der Waals surface area contributed by atoms with Crippen LogP contribution in [0.2, 0.25) is 0 Å². The molecule has 1 fully saturated rings. The Labute approximate surface area is 160 Å².